The van der Waals surface area contributed by atoms with E-state index in [9.17, 15) is 0 Å². The second-order valence-corrected chi connectivity index (χ2v) is 5.44. The number of likely N-dealkylation sites (N-methyl/N-ethyl adjacent to an activating group) is 1. The summed E-state index contributed by atoms with van der Waals surface area (Å²) in [6.45, 7) is 4.48. The van der Waals surface area contributed by atoms with Crippen molar-refractivity contribution in [3.05, 3.63) is 35.9 Å². The molecule has 2 nitrogen and oxygen atoms in total. The summed E-state index contributed by atoms with van der Waals surface area (Å²) in [4.78, 5) is 2.55. The molecule has 1 aliphatic carbocycles. The number of benzene rings is 1. The Labute approximate surface area is 111 Å². The van der Waals surface area contributed by atoms with Crippen LogP contribution in [0.15, 0.2) is 30.3 Å². The molecule has 2 heteroatoms. The Morgan fingerprint density at radius 3 is 2.72 bits per heavy atom. The van der Waals surface area contributed by atoms with Gasteiger partial charge < -0.3 is 10.2 Å². The fourth-order valence-corrected chi connectivity index (χ4v) is 2.96. The van der Waals surface area contributed by atoms with Crippen LogP contribution in [0.25, 0.3) is 0 Å². The molecule has 1 saturated carbocycles. The highest BCUT2D eigenvalue weighted by molar-refractivity contribution is 5.14. The van der Waals surface area contributed by atoms with Gasteiger partial charge in [-0.3, -0.25) is 0 Å². The maximum atomic E-state index is 3.58. The number of nitrogens with zero attached hydrogens (tertiary/aromatic N) is 1. The topological polar surface area (TPSA) is 15.3 Å². The molecule has 18 heavy (non-hydrogen) atoms. The summed E-state index contributed by atoms with van der Waals surface area (Å²) in [5.74, 6) is 0. The van der Waals surface area contributed by atoms with Crippen LogP contribution in [0, 0.1) is 0 Å². The SMILES string of the molecule is CCNC1CCC(N(C)CCc2ccccc2)C1. The lowest BCUT2D eigenvalue weighted by Gasteiger charge is -2.24. The average molecular weight is 246 g/mol. The molecule has 1 aromatic rings. The van der Waals surface area contributed by atoms with Crippen molar-refractivity contribution in [1.82, 2.24) is 10.2 Å². The van der Waals surface area contributed by atoms with Crippen LogP contribution in [-0.2, 0) is 6.42 Å². The van der Waals surface area contributed by atoms with Crippen LogP contribution in [0.5, 0.6) is 0 Å². The Morgan fingerprint density at radius 1 is 1.22 bits per heavy atom. The van der Waals surface area contributed by atoms with E-state index in [0.717, 1.165) is 18.6 Å². The standard InChI is InChI=1S/C16H26N2/c1-3-17-15-9-10-16(13-15)18(2)12-11-14-7-5-4-6-8-14/h4-8,15-17H,3,9-13H2,1-2H3. The van der Waals surface area contributed by atoms with Crippen molar-refractivity contribution < 1.29 is 0 Å². The van der Waals surface area contributed by atoms with E-state index in [1.807, 2.05) is 0 Å². The third-order valence-corrected chi connectivity index (χ3v) is 4.12. The maximum absolute atomic E-state index is 3.58. The summed E-state index contributed by atoms with van der Waals surface area (Å²) in [5.41, 5.74) is 1.45. The van der Waals surface area contributed by atoms with Gasteiger partial charge in [0.2, 0.25) is 0 Å². The normalized spacial score (nSPS) is 23.7. The van der Waals surface area contributed by atoms with E-state index in [1.165, 1.54) is 37.8 Å². The molecule has 1 fully saturated rings. The molecule has 2 rings (SSSR count). The molecule has 1 N–H and O–H groups in total. The van der Waals surface area contributed by atoms with Crippen molar-refractivity contribution in [2.24, 2.45) is 0 Å². The van der Waals surface area contributed by atoms with Crippen LogP contribution in [0.2, 0.25) is 0 Å². The first kappa shape index (κ1) is 13.6. The molecule has 0 aromatic heterocycles. The predicted molar refractivity (Wildman–Crippen MR) is 77.9 cm³/mol. The van der Waals surface area contributed by atoms with Crippen molar-refractivity contribution in [2.45, 2.75) is 44.7 Å². The molecule has 0 saturated heterocycles. The van der Waals surface area contributed by atoms with Crippen molar-refractivity contribution in [3.63, 3.8) is 0 Å². The maximum Gasteiger partial charge on any atom is 0.0108 e. The Morgan fingerprint density at radius 2 is 2.00 bits per heavy atom. The Kier molecular flexibility index (Phi) is 5.21. The summed E-state index contributed by atoms with van der Waals surface area (Å²) in [5, 5.41) is 3.58. The van der Waals surface area contributed by atoms with Gasteiger partial charge >= 0.3 is 0 Å². The number of hydrogen-bond acceptors (Lipinski definition) is 2. The van der Waals surface area contributed by atoms with E-state index in [0.29, 0.717) is 0 Å². The lowest BCUT2D eigenvalue weighted by atomic mass is 10.1. The third kappa shape index (κ3) is 3.82. The highest BCUT2D eigenvalue weighted by Crippen LogP contribution is 2.23. The molecule has 100 valence electrons. The zero-order chi connectivity index (χ0) is 12.8. The monoisotopic (exact) mass is 246 g/mol. The van der Waals surface area contributed by atoms with Crippen LogP contribution < -0.4 is 5.32 Å². The van der Waals surface area contributed by atoms with E-state index >= 15 is 0 Å². The van der Waals surface area contributed by atoms with Crippen LogP contribution in [0.4, 0.5) is 0 Å². The van der Waals surface area contributed by atoms with Crippen LogP contribution >= 0.6 is 0 Å². The van der Waals surface area contributed by atoms with Crippen LogP contribution in [0.1, 0.15) is 31.7 Å². The molecule has 0 radical (unpaired) electrons. The minimum Gasteiger partial charge on any atom is -0.314 e. The number of nitrogens with one attached hydrogen (secondary N) is 1. The van der Waals surface area contributed by atoms with Gasteiger partial charge in [0, 0.05) is 18.6 Å². The number of hydrogen-bond donors (Lipinski definition) is 1. The summed E-state index contributed by atoms with van der Waals surface area (Å²) >= 11 is 0. The molecule has 0 bridgehead atoms. The first-order chi connectivity index (χ1) is 8.79. The van der Waals surface area contributed by atoms with Crippen molar-refractivity contribution in [2.75, 3.05) is 20.1 Å². The molecular weight excluding hydrogens is 220 g/mol. The van der Waals surface area contributed by atoms with Gasteiger partial charge in [0.05, 0.1) is 0 Å². The van der Waals surface area contributed by atoms with Crippen molar-refractivity contribution in [1.29, 1.82) is 0 Å². The van der Waals surface area contributed by atoms with Gasteiger partial charge in [0.25, 0.3) is 0 Å². The number of rotatable bonds is 6. The Hall–Kier alpha value is -0.860. The zero-order valence-corrected chi connectivity index (χ0v) is 11.7. The Balaban J connectivity index is 1.74. The first-order valence-electron chi connectivity index (χ1n) is 7.27. The third-order valence-electron chi connectivity index (χ3n) is 4.12. The van der Waals surface area contributed by atoms with Gasteiger partial charge in [0.1, 0.15) is 0 Å². The molecule has 0 aliphatic heterocycles. The van der Waals surface area contributed by atoms with E-state index < -0.39 is 0 Å². The lowest BCUT2D eigenvalue weighted by Crippen LogP contribution is -2.34. The zero-order valence-electron chi connectivity index (χ0n) is 11.7. The summed E-state index contributed by atoms with van der Waals surface area (Å²) < 4.78 is 0. The Bertz CT molecular complexity index is 336. The van der Waals surface area contributed by atoms with Gasteiger partial charge in [-0.05, 0) is 44.8 Å². The van der Waals surface area contributed by atoms with Gasteiger partial charge in [-0.25, -0.2) is 0 Å². The van der Waals surface area contributed by atoms with Crippen molar-refractivity contribution in [3.8, 4) is 0 Å². The molecular formula is C16H26N2. The van der Waals surface area contributed by atoms with Crippen molar-refractivity contribution >= 4 is 0 Å². The molecule has 2 unspecified atom stereocenters. The molecule has 0 spiro atoms. The van der Waals surface area contributed by atoms with Crippen LogP contribution in [0.3, 0.4) is 0 Å². The van der Waals surface area contributed by atoms with Gasteiger partial charge in [-0.2, -0.15) is 0 Å². The fraction of sp³-hybridized carbons (Fsp3) is 0.625. The smallest absolute Gasteiger partial charge is 0.0108 e. The van der Waals surface area contributed by atoms with Gasteiger partial charge in [-0.1, -0.05) is 37.3 Å². The van der Waals surface area contributed by atoms with E-state index in [1.54, 1.807) is 0 Å². The van der Waals surface area contributed by atoms with E-state index in [2.05, 4.69) is 54.5 Å². The molecule has 1 aliphatic rings. The van der Waals surface area contributed by atoms with E-state index in [4.69, 9.17) is 0 Å². The van der Waals surface area contributed by atoms with Gasteiger partial charge in [0.15, 0.2) is 0 Å². The predicted octanol–water partition coefficient (Wildman–Crippen LogP) is 2.69. The molecule has 2 atom stereocenters. The summed E-state index contributed by atoms with van der Waals surface area (Å²) in [6.07, 6.45) is 5.18. The second kappa shape index (κ2) is 6.91. The molecule has 0 heterocycles. The molecule has 0 amide bonds. The second-order valence-electron chi connectivity index (χ2n) is 5.44. The highest BCUT2D eigenvalue weighted by atomic mass is 15.1. The first-order valence-corrected chi connectivity index (χ1v) is 7.27. The summed E-state index contributed by atoms with van der Waals surface area (Å²) in [6, 6.07) is 12.3. The summed E-state index contributed by atoms with van der Waals surface area (Å²) in [7, 11) is 2.28. The minimum absolute atomic E-state index is 0.749. The van der Waals surface area contributed by atoms with E-state index in [-0.39, 0.29) is 0 Å². The molecule has 1 aromatic carbocycles. The highest BCUT2D eigenvalue weighted by Gasteiger charge is 2.26. The quantitative estimate of drug-likeness (QED) is 0.830. The lowest BCUT2D eigenvalue weighted by molar-refractivity contribution is 0.245. The van der Waals surface area contributed by atoms with Crippen LogP contribution in [-0.4, -0.2) is 37.1 Å². The minimum atomic E-state index is 0.749. The van der Waals surface area contributed by atoms with Gasteiger partial charge in [-0.15, -0.1) is 0 Å². The largest absolute Gasteiger partial charge is 0.314 e. The fourth-order valence-electron chi connectivity index (χ4n) is 2.96. The average Bonchev–Trinajstić information content (AvgIpc) is 2.86.